The zero-order chi connectivity index (χ0) is 24.6. The van der Waals surface area contributed by atoms with E-state index in [9.17, 15) is 9.59 Å². The molecule has 0 atom stereocenters. The van der Waals surface area contributed by atoms with Crippen LogP contribution in [0.25, 0.3) is 0 Å². The minimum atomic E-state index is -0.361. The first kappa shape index (κ1) is 23.9. The maximum atomic E-state index is 13.0. The Morgan fingerprint density at radius 2 is 1.83 bits per heavy atom. The molecule has 2 aliphatic heterocycles. The van der Waals surface area contributed by atoms with Crippen molar-refractivity contribution < 1.29 is 19.1 Å². The highest BCUT2D eigenvalue weighted by Gasteiger charge is 2.45. The van der Waals surface area contributed by atoms with Gasteiger partial charge in [-0.2, -0.15) is 0 Å². The third kappa shape index (κ3) is 4.94. The number of hydrogen-bond acceptors (Lipinski definition) is 5. The van der Waals surface area contributed by atoms with Crippen LogP contribution in [0.5, 0.6) is 5.75 Å². The van der Waals surface area contributed by atoms with Crippen LogP contribution in [-0.2, 0) is 16.1 Å². The molecule has 3 aliphatic rings. The fourth-order valence-corrected chi connectivity index (χ4v) is 5.76. The molecule has 0 N–H and O–H groups in total. The molecule has 6 nitrogen and oxygen atoms in total. The number of aryl methyl sites for hydroxylation is 1. The van der Waals surface area contributed by atoms with E-state index in [1.54, 1.807) is 12.1 Å². The van der Waals surface area contributed by atoms with E-state index >= 15 is 0 Å². The van der Waals surface area contributed by atoms with E-state index in [1.807, 2.05) is 24.0 Å². The highest BCUT2D eigenvalue weighted by atomic mass is 16.5. The first-order valence-corrected chi connectivity index (χ1v) is 12.9. The van der Waals surface area contributed by atoms with Crippen LogP contribution < -0.4 is 9.64 Å². The number of rotatable bonds is 7. The summed E-state index contributed by atoms with van der Waals surface area (Å²) in [5.74, 6) is 1.54. The Morgan fingerprint density at radius 3 is 2.46 bits per heavy atom. The molecule has 186 valence electrons. The molecule has 35 heavy (non-hydrogen) atoms. The van der Waals surface area contributed by atoms with Gasteiger partial charge in [-0.3, -0.25) is 9.69 Å². The summed E-state index contributed by atoms with van der Waals surface area (Å²) >= 11 is 0. The Bertz CT molecular complexity index is 1100. The Kier molecular flexibility index (Phi) is 6.58. The Morgan fingerprint density at radius 1 is 1.11 bits per heavy atom. The molecule has 1 saturated carbocycles. The number of amides is 1. The maximum Gasteiger partial charge on any atom is 0.337 e. The largest absolute Gasteiger partial charge is 0.494 e. The van der Waals surface area contributed by atoms with Gasteiger partial charge in [0.1, 0.15) is 5.75 Å². The van der Waals surface area contributed by atoms with Gasteiger partial charge in [0.2, 0.25) is 5.91 Å². The van der Waals surface area contributed by atoms with Crippen LogP contribution in [0.1, 0.15) is 72.0 Å². The van der Waals surface area contributed by atoms with Crippen LogP contribution in [0.3, 0.4) is 0 Å². The molecule has 6 heteroatoms. The summed E-state index contributed by atoms with van der Waals surface area (Å²) in [7, 11) is 1.37. The molecular weight excluding hydrogens is 440 g/mol. The SMILES string of the molecule is CCOc1cc(CN2CCC3(CC2)CC(=O)N(c2ccc(C(=O)OC)cc2)C3)c(C2CC2)cc1C. The number of piperidine rings is 1. The molecule has 0 unspecified atom stereocenters. The predicted octanol–water partition coefficient (Wildman–Crippen LogP) is 5.08. The number of carbonyl (C=O) groups is 2. The standard InChI is InChI=1S/C29H36N2O4/c1-4-35-26-16-23(25(15-20(26)2)21-5-6-21)18-30-13-11-29(12-14-30)17-27(32)31(19-29)24-9-7-22(8-10-24)28(33)34-3/h7-10,15-16,21H,4-6,11-14,17-19H2,1-3H3. The van der Waals surface area contributed by atoms with E-state index in [0.29, 0.717) is 24.5 Å². The molecule has 5 rings (SSSR count). The molecule has 2 aromatic carbocycles. The minimum absolute atomic E-state index is 0.0394. The molecule has 1 spiro atoms. The normalized spacial score (nSPS) is 19.9. The lowest BCUT2D eigenvalue weighted by Gasteiger charge is -2.39. The number of nitrogens with zero attached hydrogens (tertiary/aromatic N) is 2. The van der Waals surface area contributed by atoms with E-state index in [1.165, 1.54) is 36.6 Å². The third-order valence-corrected chi connectivity index (χ3v) is 7.99. The highest BCUT2D eigenvalue weighted by molar-refractivity contribution is 5.97. The van der Waals surface area contributed by atoms with E-state index < -0.39 is 0 Å². The number of benzene rings is 2. The van der Waals surface area contributed by atoms with Crippen molar-refractivity contribution >= 4 is 17.6 Å². The van der Waals surface area contributed by atoms with Crippen molar-refractivity contribution in [3.63, 3.8) is 0 Å². The lowest BCUT2D eigenvalue weighted by molar-refractivity contribution is -0.118. The summed E-state index contributed by atoms with van der Waals surface area (Å²) in [5, 5.41) is 0. The third-order valence-electron chi connectivity index (χ3n) is 7.99. The van der Waals surface area contributed by atoms with E-state index in [2.05, 4.69) is 24.0 Å². The smallest absolute Gasteiger partial charge is 0.337 e. The van der Waals surface area contributed by atoms with Crippen molar-refractivity contribution in [1.29, 1.82) is 0 Å². The summed E-state index contributed by atoms with van der Waals surface area (Å²) in [6, 6.07) is 11.8. The monoisotopic (exact) mass is 476 g/mol. The zero-order valence-electron chi connectivity index (χ0n) is 21.1. The molecular formula is C29H36N2O4. The number of hydrogen-bond donors (Lipinski definition) is 0. The second-order valence-electron chi connectivity index (χ2n) is 10.5. The fraction of sp³-hybridized carbons (Fsp3) is 0.517. The zero-order valence-corrected chi connectivity index (χ0v) is 21.1. The van der Waals surface area contributed by atoms with Crippen LogP contribution in [0.15, 0.2) is 36.4 Å². The topological polar surface area (TPSA) is 59.1 Å². The van der Waals surface area contributed by atoms with Crippen molar-refractivity contribution in [1.82, 2.24) is 4.90 Å². The molecule has 2 saturated heterocycles. The van der Waals surface area contributed by atoms with E-state index in [4.69, 9.17) is 9.47 Å². The highest BCUT2D eigenvalue weighted by Crippen LogP contribution is 2.45. The van der Waals surface area contributed by atoms with Crippen LogP contribution >= 0.6 is 0 Å². The predicted molar refractivity (Wildman–Crippen MR) is 136 cm³/mol. The van der Waals surface area contributed by atoms with Gasteiger partial charge in [0, 0.05) is 25.2 Å². The first-order chi connectivity index (χ1) is 16.9. The van der Waals surface area contributed by atoms with Gasteiger partial charge in [0.05, 0.1) is 19.3 Å². The van der Waals surface area contributed by atoms with Gasteiger partial charge in [-0.25, -0.2) is 4.79 Å². The minimum Gasteiger partial charge on any atom is -0.494 e. The molecule has 0 aromatic heterocycles. The Hall–Kier alpha value is -2.86. The lowest BCUT2D eigenvalue weighted by atomic mass is 9.77. The summed E-state index contributed by atoms with van der Waals surface area (Å²) in [6.07, 6.45) is 5.24. The first-order valence-electron chi connectivity index (χ1n) is 12.9. The quantitative estimate of drug-likeness (QED) is 0.522. The average molecular weight is 477 g/mol. The summed E-state index contributed by atoms with van der Waals surface area (Å²) in [4.78, 5) is 29.1. The van der Waals surface area contributed by atoms with Crippen molar-refractivity contribution in [2.45, 2.75) is 58.4 Å². The maximum absolute atomic E-state index is 13.0. The van der Waals surface area contributed by atoms with Crippen molar-refractivity contribution in [2.24, 2.45) is 5.41 Å². The van der Waals surface area contributed by atoms with Crippen LogP contribution in [0, 0.1) is 12.3 Å². The lowest BCUT2D eigenvalue weighted by Crippen LogP contribution is -2.41. The van der Waals surface area contributed by atoms with Gasteiger partial charge in [0.15, 0.2) is 0 Å². The van der Waals surface area contributed by atoms with Crippen LogP contribution in [0.4, 0.5) is 5.69 Å². The number of methoxy groups -OCH3 is 1. The molecule has 3 fully saturated rings. The van der Waals surface area contributed by atoms with E-state index in [-0.39, 0.29) is 17.3 Å². The molecule has 0 radical (unpaired) electrons. The van der Waals surface area contributed by atoms with Gasteiger partial charge in [0.25, 0.3) is 0 Å². The second kappa shape index (κ2) is 9.65. The van der Waals surface area contributed by atoms with Gasteiger partial charge < -0.3 is 14.4 Å². The number of anilines is 1. The molecule has 1 aliphatic carbocycles. The van der Waals surface area contributed by atoms with Crippen molar-refractivity contribution in [3.05, 3.63) is 58.7 Å². The van der Waals surface area contributed by atoms with Gasteiger partial charge in [-0.15, -0.1) is 0 Å². The molecule has 0 bridgehead atoms. The number of ether oxygens (including phenoxy) is 2. The number of carbonyl (C=O) groups excluding carboxylic acids is 2. The number of likely N-dealkylation sites (tertiary alicyclic amines) is 1. The van der Waals surface area contributed by atoms with Crippen LogP contribution in [-0.4, -0.2) is 50.1 Å². The van der Waals surface area contributed by atoms with Crippen molar-refractivity contribution in [3.8, 4) is 5.75 Å². The summed E-state index contributed by atoms with van der Waals surface area (Å²) in [6.45, 7) is 8.59. The van der Waals surface area contributed by atoms with Gasteiger partial charge in [-0.1, -0.05) is 6.07 Å². The fourth-order valence-electron chi connectivity index (χ4n) is 5.76. The number of esters is 1. The van der Waals surface area contributed by atoms with E-state index in [0.717, 1.165) is 50.5 Å². The van der Waals surface area contributed by atoms with Crippen LogP contribution in [0.2, 0.25) is 0 Å². The molecule has 1 amide bonds. The molecule has 2 aromatic rings. The summed E-state index contributed by atoms with van der Waals surface area (Å²) in [5.41, 5.74) is 5.55. The summed E-state index contributed by atoms with van der Waals surface area (Å²) < 4.78 is 10.7. The van der Waals surface area contributed by atoms with Crippen molar-refractivity contribution in [2.75, 3.05) is 38.3 Å². The second-order valence-corrected chi connectivity index (χ2v) is 10.5. The van der Waals surface area contributed by atoms with Gasteiger partial charge in [-0.05, 0) is 111 Å². The molecule has 2 heterocycles. The Labute approximate surface area is 208 Å². The average Bonchev–Trinajstić information content (AvgIpc) is 3.66. The van der Waals surface area contributed by atoms with Gasteiger partial charge >= 0.3 is 5.97 Å². The Balaban J connectivity index is 1.24.